The number of fused-ring (bicyclic) bond motifs is 1. The van der Waals surface area contributed by atoms with Crippen molar-refractivity contribution >= 4 is 34.5 Å². The highest BCUT2D eigenvalue weighted by Crippen LogP contribution is 2.35. The first-order chi connectivity index (χ1) is 16.5. The van der Waals surface area contributed by atoms with Crippen LogP contribution in [0.15, 0.2) is 36.1 Å². The van der Waals surface area contributed by atoms with Crippen LogP contribution in [-0.4, -0.2) is 66.0 Å². The lowest BCUT2D eigenvalue weighted by Crippen LogP contribution is -2.39. The number of nitrogens with two attached hydrogens (primary N) is 1. The molecule has 1 fully saturated rings. The molecule has 4 aromatic rings. The van der Waals surface area contributed by atoms with Gasteiger partial charge in [0.15, 0.2) is 11.4 Å². The second kappa shape index (κ2) is 8.92. The lowest BCUT2D eigenvalue weighted by Gasteiger charge is -2.32. The first-order valence-corrected chi connectivity index (χ1v) is 11.8. The van der Waals surface area contributed by atoms with Crippen molar-refractivity contribution in [3.05, 3.63) is 47.4 Å². The van der Waals surface area contributed by atoms with Gasteiger partial charge in [0, 0.05) is 47.9 Å². The Kier molecular flexibility index (Phi) is 5.80. The van der Waals surface area contributed by atoms with E-state index in [1.165, 1.54) is 22.8 Å². The monoisotopic (exact) mass is 477 g/mol. The largest absolute Gasteiger partial charge is 0.387 e. The lowest BCUT2D eigenvalue weighted by atomic mass is 9.89. The molecule has 3 N–H and O–H groups in total. The topological polar surface area (TPSA) is 140 Å². The minimum atomic E-state index is -0.505. The molecule has 0 bridgehead atoms. The molecule has 0 unspecified atom stereocenters. The molecule has 0 spiro atoms. The minimum Gasteiger partial charge on any atom is -0.387 e. The van der Waals surface area contributed by atoms with Crippen LogP contribution in [0.2, 0.25) is 0 Å². The molecule has 0 aliphatic carbocycles. The van der Waals surface area contributed by atoms with Crippen LogP contribution in [0.5, 0.6) is 0 Å². The van der Waals surface area contributed by atoms with E-state index >= 15 is 0 Å². The maximum atomic E-state index is 12.5. The number of piperidine rings is 1. The summed E-state index contributed by atoms with van der Waals surface area (Å²) in [5.41, 5.74) is 10.3. The van der Waals surface area contributed by atoms with Crippen molar-refractivity contribution in [1.29, 1.82) is 0 Å². The number of rotatable bonds is 5. The average Bonchev–Trinajstić information content (AvgIpc) is 3.54. The van der Waals surface area contributed by atoms with Gasteiger partial charge in [-0.25, -0.2) is 9.97 Å². The van der Waals surface area contributed by atoms with E-state index in [4.69, 9.17) is 15.8 Å². The molecular weight excluding hydrogens is 454 g/mol. The number of pyridine rings is 1. The van der Waals surface area contributed by atoms with Crippen molar-refractivity contribution in [2.24, 2.45) is 0 Å². The van der Waals surface area contributed by atoms with Crippen LogP contribution in [0.4, 0.5) is 5.82 Å². The van der Waals surface area contributed by atoms with Crippen LogP contribution >= 0.6 is 11.3 Å². The SMILES string of the molecule is CC(=O)c1c(C2CCN(C(=O)CO)CC2)nc2c(-c3ccc(-c4nccs4)nc3)cnn2c1N. The molecule has 0 radical (unpaired) electrons. The molecule has 1 amide bonds. The summed E-state index contributed by atoms with van der Waals surface area (Å²) >= 11 is 1.52. The zero-order valence-electron chi connectivity index (χ0n) is 18.5. The van der Waals surface area contributed by atoms with Crippen LogP contribution < -0.4 is 5.73 Å². The number of thiazole rings is 1. The van der Waals surface area contributed by atoms with Gasteiger partial charge >= 0.3 is 0 Å². The summed E-state index contributed by atoms with van der Waals surface area (Å²) in [7, 11) is 0. The van der Waals surface area contributed by atoms with Crippen molar-refractivity contribution in [2.45, 2.75) is 25.7 Å². The molecule has 0 saturated carbocycles. The summed E-state index contributed by atoms with van der Waals surface area (Å²) in [6, 6.07) is 3.84. The van der Waals surface area contributed by atoms with Gasteiger partial charge in [0.2, 0.25) is 5.91 Å². The first-order valence-electron chi connectivity index (χ1n) is 10.9. The highest BCUT2D eigenvalue weighted by atomic mass is 32.1. The number of nitrogens with zero attached hydrogens (tertiary/aromatic N) is 6. The third-order valence-corrected chi connectivity index (χ3v) is 6.95. The fourth-order valence-electron chi connectivity index (χ4n) is 4.42. The van der Waals surface area contributed by atoms with Crippen LogP contribution in [0.3, 0.4) is 0 Å². The molecule has 34 heavy (non-hydrogen) atoms. The van der Waals surface area contributed by atoms with Crippen LogP contribution in [0.1, 0.15) is 41.7 Å². The van der Waals surface area contributed by atoms with Crippen molar-refractivity contribution in [3.8, 4) is 21.8 Å². The maximum Gasteiger partial charge on any atom is 0.248 e. The van der Waals surface area contributed by atoms with E-state index in [1.54, 1.807) is 23.5 Å². The Balaban J connectivity index is 1.54. The number of Topliss-reactive ketones (excluding diaryl/α,β-unsaturated/α-hetero) is 1. The molecule has 5 rings (SSSR count). The molecule has 1 aliphatic heterocycles. The predicted octanol–water partition coefficient (Wildman–Crippen LogP) is 2.40. The Hall–Kier alpha value is -3.70. The van der Waals surface area contributed by atoms with Crippen molar-refractivity contribution in [1.82, 2.24) is 29.5 Å². The smallest absolute Gasteiger partial charge is 0.248 e. The third-order valence-electron chi connectivity index (χ3n) is 6.16. The summed E-state index contributed by atoms with van der Waals surface area (Å²) < 4.78 is 1.49. The molecular formula is C23H23N7O3S. The maximum absolute atomic E-state index is 12.5. The first kappa shape index (κ1) is 22.1. The van der Waals surface area contributed by atoms with Crippen LogP contribution in [0, 0.1) is 0 Å². The van der Waals surface area contributed by atoms with E-state index in [0.29, 0.717) is 42.8 Å². The van der Waals surface area contributed by atoms with E-state index in [1.807, 2.05) is 17.5 Å². The van der Waals surface area contributed by atoms with Gasteiger partial charge in [0.1, 0.15) is 17.4 Å². The molecule has 5 heterocycles. The molecule has 4 aromatic heterocycles. The fourth-order valence-corrected chi connectivity index (χ4v) is 5.04. The van der Waals surface area contributed by atoms with Gasteiger partial charge < -0.3 is 15.7 Å². The fraction of sp³-hybridized carbons (Fsp3) is 0.304. The van der Waals surface area contributed by atoms with E-state index in [0.717, 1.165) is 21.8 Å². The molecule has 1 saturated heterocycles. The number of ketones is 1. The molecule has 174 valence electrons. The van der Waals surface area contributed by atoms with Crippen molar-refractivity contribution in [2.75, 3.05) is 25.4 Å². The van der Waals surface area contributed by atoms with Gasteiger partial charge in [-0.2, -0.15) is 9.61 Å². The van der Waals surface area contributed by atoms with Gasteiger partial charge in [-0.1, -0.05) is 6.07 Å². The normalized spacial score (nSPS) is 14.6. The zero-order valence-corrected chi connectivity index (χ0v) is 19.3. The third kappa shape index (κ3) is 3.82. The standard InChI is InChI=1S/C23H23N7O3S/c1-13(32)19-20(14-4-7-29(8-5-14)18(33)12-31)28-22-16(11-27-30(22)21(19)24)15-2-3-17(26-10-15)23-25-6-9-34-23/h2-3,6,9-11,14,31H,4-5,7-8,12,24H2,1H3. The summed E-state index contributed by atoms with van der Waals surface area (Å²) in [6.07, 6.45) is 6.42. The molecule has 1 aliphatic rings. The highest BCUT2D eigenvalue weighted by molar-refractivity contribution is 7.13. The number of aliphatic hydroxyl groups excluding tert-OH is 1. The molecule has 11 heteroatoms. The number of aliphatic hydroxyl groups is 1. The van der Waals surface area contributed by atoms with E-state index < -0.39 is 6.61 Å². The number of amides is 1. The van der Waals surface area contributed by atoms with Gasteiger partial charge in [0.05, 0.1) is 23.1 Å². The second-order valence-corrected chi connectivity index (χ2v) is 9.08. The Morgan fingerprint density at radius 2 is 2.00 bits per heavy atom. The Bertz CT molecular complexity index is 1360. The lowest BCUT2D eigenvalue weighted by molar-refractivity contribution is -0.135. The summed E-state index contributed by atoms with van der Waals surface area (Å²) in [4.78, 5) is 39.7. The average molecular weight is 478 g/mol. The quantitative estimate of drug-likeness (QED) is 0.418. The number of hydrogen-bond acceptors (Lipinski definition) is 9. The van der Waals surface area contributed by atoms with E-state index in [2.05, 4.69) is 15.1 Å². The Labute approximate surface area is 199 Å². The van der Waals surface area contributed by atoms with Crippen molar-refractivity contribution < 1.29 is 14.7 Å². The van der Waals surface area contributed by atoms with E-state index in [-0.39, 0.29) is 23.4 Å². The molecule has 0 aromatic carbocycles. The number of aromatic nitrogens is 5. The number of nitrogen functional groups attached to an aromatic ring is 1. The highest BCUT2D eigenvalue weighted by Gasteiger charge is 2.30. The van der Waals surface area contributed by atoms with Gasteiger partial charge in [-0.15, -0.1) is 11.3 Å². The Morgan fingerprint density at radius 3 is 2.62 bits per heavy atom. The summed E-state index contributed by atoms with van der Waals surface area (Å²) in [5, 5.41) is 16.3. The van der Waals surface area contributed by atoms with Crippen molar-refractivity contribution in [3.63, 3.8) is 0 Å². The number of hydrogen-bond donors (Lipinski definition) is 2. The second-order valence-electron chi connectivity index (χ2n) is 8.19. The minimum absolute atomic E-state index is 0.0397. The van der Waals surface area contributed by atoms with Gasteiger partial charge in [0.25, 0.3) is 0 Å². The van der Waals surface area contributed by atoms with E-state index in [9.17, 15) is 9.59 Å². The predicted molar refractivity (Wildman–Crippen MR) is 127 cm³/mol. The number of likely N-dealkylation sites (tertiary alicyclic amines) is 1. The van der Waals surface area contributed by atoms with Gasteiger partial charge in [-0.05, 0) is 25.8 Å². The molecule has 10 nitrogen and oxygen atoms in total. The number of carbonyl (C=O) groups excluding carboxylic acids is 2. The summed E-state index contributed by atoms with van der Waals surface area (Å²) in [5.74, 6) is -0.260. The van der Waals surface area contributed by atoms with Gasteiger partial charge in [-0.3, -0.25) is 14.6 Å². The number of carbonyl (C=O) groups is 2. The van der Waals surface area contributed by atoms with Crippen LogP contribution in [0.25, 0.3) is 27.5 Å². The summed E-state index contributed by atoms with van der Waals surface area (Å²) in [6.45, 7) is 1.94. The Morgan fingerprint density at radius 1 is 1.21 bits per heavy atom. The van der Waals surface area contributed by atoms with Crippen LogP contribution in [-0.2, 0) is 4.79 Å². The zero-order chi connectivity index (χ0) is 23.8. The molecule has 0 atom stereocenters. The number of anilines is 1.